The van der Waals surface area contributed by atoms with Gasteiger partial charge in [0.1, 0.15) is 10.6 Å². The van der Waals surface area contributed by atoms with Gasteiger partial charge in [0.05, 0.1) is 7.11 Å². The van der Waals surface area contributed by atoms with Crippen LogP contribution in [0.2, 0.25) is 0 Å². The van der Waals surface area contributed by atoms with Crippen molar-refractivity contribution >= 4 is 39.7 Å². The van der Waals surface area contributed by atoms with Gasteiger partial charge < -0.3 is 4.74 Å². The molecule has 0 fully saturated rings. The topological polar surface area (TPSA) is 63.6 Å². The van der Waals surface area contributed by atoms with Crippen LogP contribution in [0.5, 0.6) is 5.75 Å². The third kappa shape index (κ3) is 3.66. The molecule has 116 valence electrons. The van der Waals surface area contributed by atoms with Crippen molar-refractivity contribution in [1.82, 2.24) is 0 Å². The quantitative estimate of drug-likeness (QED) is 0.690. The number of aryl methyl sites for hydroxylation is 1. The summed E-state index contributed by atoms with van der Waals surface area (Å²) in [5.41, 5.74) is 3.10. The molecule has 2 aliphatic rings. The summed E-state index contributed by atoms with van der Waals surface area (Å²) in [5.74, 6) is 0.850. The van der Waals surface area contributed by atoms with E-state index in [2.05, 4.69) is 0 Å². The summed E-state index contributed by atoms with van der Waals surface area (Å²) in [7, 11) is -2.71. The Morgan fingerprint density at radius 1 is 1.23 bits per heavy atom. The van der Waals surface area contributed by atoms with Crippen molar-refractivity contribution in [2.24, 2.45) is 0 Å². The van der Waals surface area contributed by atoms with E-state index in [0.29, 0.717) is 17.7 Å². The number of fused-ring (bicyclic) bond motifs is 1. The summed E-state index contributed by atoms with van der Waals surface area (Å²) in [5, 5.41) is 0. The molecule has 2 rings (SSSR count). The molecule has 0 heterocycles. The molecule has 0 aromatic heterocycles. The van der Waals surface area contributed by atoms with Gasteiger partial charge in [0.15, 0.2) is 0 Å². The molecule has 22 heavy (non-hydrogen) atoms. The second-order valence-electron chi connectivity index (χ2n) is 5.35. The maximum atomic E-state index is 11.7. The predicted octanol–water partition coefficient (Wildman–Crippen LogP) is 3.08. The molecule has 0 radical (unpaired) electrons. The summed E-state index contributed by atoms with van der Waals surface area (Å²) in [6.45, 7) is 6.01. The Morgan fingerprint density at radius 2 is 1.86 bits per heavy atom. The molecule has 0 aliphatic heterocycles. The van der Waals surface area contributed by atoms with Gasteiger partial charge in [-0.3, -0.25) is 4.55 Å². The molecule has 0 aromatic rings. The summed E-state index contributed by atoms with van der Waals surface area (Å²) in [6, 6.07) is 7.14. The average Bonchev–Trinajstić information content (AvgIpc) is 2.65. The molecular weight excluding hydrogens is 311 g/mol. The standard InChI is InChI=1S/C16H20O4S.Na.H/c1-5-11-9-15(21(17,18)19)13-8-12(10(2)3)6-7-14(20-4)16(11)13;;/h6-10H,5H2,1-4H3,(H,17,18,19);;. The fourth-order valence-electron chi connectivity index (χ4n) is 2.53. The van der Waals surface area contributed by atoms with Crippen LogP contribution in [0, 0.1) is 0 Å². The van der Waals surface area contributed by atoms with E-state index in [4.69, 9.17) is 4.74 Å². The average molecular weight is 332 g/mol. The Kier molecular flexibility index (Phi) is 6.47. The van der Waals surface area contributed by atoms with Crippen LogP contribution in [-0.2, 0) is 16.5 Å². The van der Waals surface area contributed by atoms with Crippen molar-refractivity contribution in [3.05, 3.63) is 35.4 Å². The second-order valence-corrected chi connectivity index (χ2v) is 6.74. The molecule has 4 nitrogen and oxygen atoms in total. The number of ether oxygens (including phenoxy) is 1. The van der Waals surface area contributed by atoms with Crippen LogP contribution in [0.4, 0.5) is 0 Å². The molecule has 2 aliphatic carbocycles. The summed E-state index contributed by atoms with van der Waals surface area (Å²) >= 11 is 0. The van der Waals surface area contributed by atoms with Gasteiger partial charge in [-0.05, 0) is 41.7 Å². The molecule has 0 unspecified atom stereocenters. The third-order valence-electron chi connectivity index (χ3n) is 3.69. The minimum absolute atomic E-state index is 0. The predicted molar refractivity (Wildman–Crippen MR) is 90.0 cm³/mol. The first-order chi connectivity index (χ1) is 9.79. The fraction of sp³-hybridized carbons (Fsp3) is 0.375. The second kappa shape index (κ2) is 7.32. The third-order valence-corrected chi connectivity index (χ3v) is 4.58. The number of rotatable bonds is 4. The van der Waals surface area contributed by atoms with Gasteiger partial charge in [0, 0.05) is 11.1 Å². The van der Waals surface area contributed by atoms with Crippen molar-refractivity contribution < 1.29 is 17.7 Å². The summed E-state index contributed by atoms with van der Waals surface area (Å²) in [6.07, 6.45) is 0.656. The first-order valence-electron chi connectivity index (χ1n) is 6.90. The van der Waals surface area contributed by atoms with Crippen molar-refractivity contribution in [2.75, 3.05) is 7.11 Å². The van der Waals surface area contributed by atoms with Crippen LogP contribution in [0.1, 0.15) is 37.8 Å². The van der Waals surface area contributed by atoms with Gasteiger partial charge in [0.2, 0.25) is 0 Å². The van der Waals surface area contributed by atoms with Crippen LogP contribution in [0.3, 0.4) is 0 Å². The van der Waals surface area contributed by atoms with Crippen LogP contribution in [0.15, 0.2) is 29.2 Å². The van der Waals surface area contributed by atoms with E-state index < -0.39 is 10.1 Å². The van der Waals surface area contributed by atoms with Crippen LogP contribution < -0.4 is 4.74 Å². The van der Waals surface area contributed by atoms with Gasteiger partial charge in [0.25, 0.3) is 10.1 Å². The van der Waals surface area contributed by atoms with E-state index in [9.17, 15) is 13.0 Å². The summed E-state index contributed by atoms with van der Waals surface area (Å²) in [4.78, 5) is -0.0502. The number of hydrogen-bond donors (Lipinski definition) is 1. The molecule has 0 saturated carbocycles. The molecule has 0 atom stereocenters. The van der Waals surface area contributed by atoms with E-state index in [1.54, 1.807) is 7.11 Å². The van der Waals surface area contributed by atoms with Gasteiger partial charge in [-0.25, -0.2) is 0 Å². The Bertz CT molecular complexity index is 738. The fourth-order valence-corrected chi connectivity index (χ4v) is 3.26. The van der Waals surface area contributed by atoms with Crippen molar-refractivity contribution in [3.8, 4) is 16.9 Å². The van der Waals surface area contributed by atoms with E-state index >= 15 is 0 Å². The van der Waals surface area contributed by atoms with E-state index in [1.807, 2.05) is 39.0 Å². The normalized spacial score (nSPS) is 11.5. The first kappa shape index (κ1) is 19.5. The van der Waals surface area contributed by atoms with Crippen LogP contribution in [0.25, 0.3) is 11.1 Å². The number of methoxy groups -OCH3 is 1. The van der Waals surface area contributed by atoms with Crippen molar-refractivity contribution in [3.63, 3.8) is 0 Å². The zero-order chi connectivity index (χ0) is 15.8. The molecule has 0 saturated heterocycles. The Hall–Kier alpha value is -0.590. The zero-order valence-electron chi connectivity index (χ0n) is 12.7. The molecular formula is C16H21NaO4S. The molecule has 0 spiro atoms. The van der Waals surface area contributed by atoms with E-state index in [0.717, 1.165) is 16.7 Å². The molecule has 0 aromatic carbocycles. The number of hydrogen-bond acceptors (Lipinski definition) is 3. The first-order valence-corrected chi connectivity index (χ1v) is 8.34. The maximum absolute atomic E-state index is 11.7. The van der Waals surface area contributed by atoms with Crippen LogP contribution >= 0.6 is 0 Å². The molecule has 1 N–H and O–H groups in total. The Balaban J connectivity index is 0.00000242. The van der Waals surface area contributed by atoms with Crippen molar-refractivity contribution in [1.29, 1.82) is 0 Å². The molecule has 0 bridgehead atoms. The van der Waals surface area contributed by atoms with Crippen LogP contribution in [-0.4, -0.2) is 49.6 Å². The Morgan fingerprint density at radius 3 is 2.32 bits per heavy atom. The van der Waals surface area contributed by atoms with Gasteiger partial charge >= 0.3 is 29.6 Å². The minimum atomic E-state index is -4.27. The van der Waals surface area contributed by atoms with Gasteiger partial charge in [-0.15, -0.1) is 0 Å². The van der Waals surface area contributed by atoms with Gasteiger partial charge in [-0.1, -0.05) is 26.8 Å². The van der Waals surface area contributed by atoms with E-state index in [-0.39, 0.29) is 40.4 Å². The zero-order valence-corrected chi connectivity index (χ0v) is 13.5. The molecule has 6 heteroatoms. The van der Waals surface area contributed by atoms with Crippen molar-refractivity contribution in [2.45, 2.75) is 38.0 Å². The summed E-state index contributed by atoms with van der Waals surface area (Å²) < 4.78 is 38.3. The molecule has 0 amide bonds. The van der Waals surface area contributed by atoms with Gasteiger partial charge in [-0.2, -0.15) is 8.42 Å². The monoisotopic (exact) mass is 332 g/mol. The van der Waals surface area contributed by atoms with E-state index in [1.165, 1.54) is 6.07 Å². The SMILES string of the molecule is CCc1cc(S(=O)(=O)O)c2cc(C(C)C)ccc(OC)c1-2.[NaH]. The Labute approximate surface area is 154 Å².